The monoisotopic (exact) mass is 223 g/mol. The van der Waals surface area contributed by atoms with Gasteiger partial charge in [-0.1, -0.05) is 44.9 Å². The largest absolute Gasteiger partial charge is 0.314 e. The summed E-state index contributed by atoms with van der Waals surface area (Å²) in [6, 6.07) is 0.770. The third-order valence-corrected chi connectivity index (χ3v) is 4.85. The molecule has 0 radical (unpaired) electrons. The van der Waals surface area contributed by atoms with Crippen LogP contribution in [-0.2, 0) is 0 Å². The van der Waals surface area contributed by atoms with E-state index in [0.29, 0.717) is 0 Å². The van der Waals surface area contributed by atoms with Crippen molar-refractivity contribution >= 4 is 0 Å². The van der Waals surface area contributed by atoms with E-state index in [-0.39, 0.29) is 0 Å². The van der Waals surface area contributed by atoms with Gasteiger partial charge in [0.15, 0.2) is 0 Å². The zero-order valence-corrected chi connectivity index (χ0v) is 11.0. The molecule has 0 aliphatic heterocycles. The van der Waals surface area contributed by atoms with Gasteiger partial charge in [0, 0.05) is 6.04 Å². The van der Waals surface area contributed by atoms with Gasteiger partial charge in [-0.15, -0.1) is 0 Å². The van der Waals surface area contributed by atoms with Crippen LogP contribution in [0.25, 0.3) is 0 Å². The van der Waals surface area contributed by atoms with Gasteiger partial charge in [0.05, 0.1) is 0 Å². The summed E-state index contributed by atoms with van der Waals surface area (Å²) in [5, 5.41) is 3.77. The molecule has 0 aromatic carbocycles. The molecule has 0 aromatic heterocycles. The van der Waals surface area contributed by atoms with Crippen LogP contribution in [0.15, 0.2) is 0 Å². The van der Waals surface area contributed by atoms with Gasteiger partial charge in [-0.2, -0.15) is 0 Å². The standard InChI is InChI=1S/C15H29N/c1-13(15-9-5-6-10-15)16-12-11-14-7-3-2-4-8-14/h13-16H,2-12H2,1H3/t13-/m1/s1. The molecule has 1 N–H and O–H groups in total. The Balaban J connectivity index is 1.56. The van der Waals surface area contributed by atoms with Gasteiger partial charge in [0.2, 0.25) is 0 Å². The van der Waals surface area contributed by atoms with Crippen LogP contribution in [0.5, 0.6) is 0 Å². The quantitative estimate of drug-likeness (QED) is 0.739. The van der Waals surface area contributed by atoms with E-state index in [4.69, 9.17) is 0 Å². The number of nitrogens with one attached hydrogen (secondary N) is 1. The van der Waals surface area contributed by atoms with Crippen LogP contribution in [-0.4, -0.2) is 12.6 Å². The lowest BCUT2D eigenvalue weighted by molar-refractivity contribution is 0.313. The second-order valence-electron chi connectivity index (χ2n) is 6.08. The molecule has 0 saturated heterocycles. The molecule has 0 spiro atoms. The summed E-state index contributed by atoms with van der Waals surface area (Å²) in [5.74, 6) is 2.02. The molecule has 94 valence electrons. The molecule has 2 aliphatic rings. The molecule has 2 fully saturated rings. The van der Waals surface area contributed by atoms with Gasteiger partial charge in [0.1, 0.15) is 0 Å². The highest BCUT2D eigenvalue weighted by Gasteiger charge is 2.21. The van der Waals surface area contributed by atoms with Crippen molar-refractivity contribution in [1.29, 1.82) is 0 Å². The fraction of sp³-hybridized carbons (Fsp3) is 1.00. The van der Waals surface area contributed by atoms with E-state index in [0.717, 1.165) is 17.9 Å². The van der Waals surface area contributed by atoms with Gasteiger partial charge in [-0.05, 0) is 44.6 Å². The molecule has 1 heteroatoms. The molecule has 1 atom stereocenters. The van der Waals surface area contributed by atoms with E-state index in [1.807, 2.05) is 0 Å². The van der Waals surface area contributed by atoms with Crippen LogP contribution in [0.3, 0.4) is 0 Å². The third kappa shape index (κ3) is 3.76. The second-order valence-corrected chi connectivity index (χ2v) is 6.08. The Morgan fingerprint density at radius 2 is 1.56 bits per heavy atom. The molecule has 2 rings (SSSR count). The molecule has 2 saturated carbocycles. The molecule has 16 heavy (non-hydrogen) atoms. The molecule has 2 aliphatic carbocycles. The minimum atomic E-state index is 0.770. The van der Waals surface area contributed by atoms with Crippen molar-refractivity contribution in [3.05, 3.63) is 0 Å². The van der Waals surface area contributed by atoms with Crippen molar-refractivity contribution in [3.8, 4) is 0 Å². The summed E-state index contributed by atoms with van der Waals surface area (Å²) < 4.78 is 0. The van der Waals surface area contributed by atoms with Crippen LogP contribution >= 0.6 is 0 Å². The van der Waals surface area contributed by atoms with Crippen LogP contribution in [0.2, 0.25) is 0 Å². The Hall–Kier alpha value is -0.0400. The molecule has 0 heterocycles. The Morgan fingerprint density at radius 1 is 0.938 bits per heavy atom. The van der Waals surface area contributed by atoms with Gasteiger partial charge in [0.25, 0.3) is 0 Å². The molecule has 0 unspecified atom stereocenters. The fourth-order valence-electron chi connectivity index (χ4n) is 3.61. The van der Waals surface area contributed by atoms with E-state index in [1.54, 1.807) is 0 Å². The summed E-state index contributed by atoms with van der Waals surface area (Å²) in [6.45, 7) is 3.67. The highest BCUT2D eigenvalue weighted by molar-refractivity contribution is 4.77. The predicted octanol–water partition coefficient (Wildman–Crippen LogP) is 4.13. The summed E-state index contributed by atoms with van der Waals surface area (Å²) in [7, 11) is 0. The molecule has 0 aromatic rings. The number of hydrogen-bond donors (Lipinski definition) is 1. The first-order valence-corrected chi connectivity index (χ1v) is 7.59. The van der Waals surface area contributed by atoms with Crippen molar-refractivity contribution in [3.63, 3.8) is 0 Å². The summed E-state index contributed by atoms with van der Waals surface area (Å²) in [4.78, 5) is 0. The predicted molar refractivity (Wildman–Crippen MR) is 70.6 cm³/mol. The van der Waals surface area contributed by atoms with E-state index >= 15 is 0 Å². The van der Waals surface area contributed by atoms with Gasteiger partial charge < -0.3 is 5.32 Å². The Morgan fingerprint density at radius 3 is 2.25 bits per heavy atom. The first kappa shape index (κ1) is 12.4. The highest BCUT2D eigenvalue weighted by atomic mass is 14.9. The molecular weight excluding hydrogens is 194 g/mol. The average molecular weight is 223 g/mol. The molecule has 0 bridgehead atoms. The fourth-order valence-corrected chi connectivity index (χ4v) is 3.61. The van der Waals surface area contributed by atoms with Gasteiger partial charge >= 0.3 is 0 Å². The first-order valence-electron chi connectivity index (χ1n) is 7.59. The summed E-state index contributed by atoms with van der Waals surface area (Å²) >= 11 is 0. The van der Waals surface area contributed by atoms with Crippen LogP contribution in [0, 0.1) is 11.8 Å². The van der Waals surface area contributed by atoms with E-state index in [1.165, 1.54) is 70.8 Å². The highest BCUT2D eigenvalue weighted by Crippen LogP contribution is 2.28. The van der Waals surface area contributed by atoms with E-state index in [2.05, 4.69) is 12.2 Å². The SMILES string of the molecule is C[C@@H](NCCC1CCCCC1)C1CCCC1. The topological polar surface area (TPSA) is 12.0 Å². The molecular formula is C15H29N. The Kier molecular flexibility index (Phi) is 5.15. The van der Waals surface area contributed by atoms with Crippen molar-refractivity contribution in [2.24, 2.45) is 11.8 Å². The normalized spacial score (nSPS) is 26.1. The second kappa shape index (κ2) is 6.64. The lowest BCUT2D eigenvalue weighted by atomic mass is 9.87. The van der Waals surface area contributed by atoms with Crippen molar-refractivity contribution < 1.29 is 0 Å². The smallest absolute Gasteiger partial charge is 0.00669 e. The Bertz CT molecular complexity index is 178. The van der Waals surface area contributed by atoms with Gasteiger partial charge in [-0.25, -0.2) is 0 Å². The van der Waals surface area contributed by atoms with Crippen molar-refractivity contribution in [1.82, 2.24) is 5.32 Å². The van der Waals surface area contributed by atoms with Crippen LogP contribution in [0.1, 0.15) is 71.1 Å². The Labute approximate surface area is 101 Å². The average Bonchev–Trinajstić information content (AvgIpc) is 2.84. The van der Waals surface area contributed by atoms with Crippen molar-refractivity contribution in [2.45, 2.75) is 77.2 Å². The summed E-state index contributed by atoms with van der Waals surface area (Å²) in [6.07, 6.45) is 14.8. The van der Waals surface area contributed by atoms with Gasteiger partial charge in [-0.3, -0.25) is 0 Å². The van der Waals surface area contributed by atoms with Crippen molar-refractivity contribution in [2.75, 3.05) is 6.54 Å². The number of rotatable bonds is 5. The maximum absolute atomic E-state index is 3.77. The summed E-state index contributed by atoms with van der Waals surface area (Å²) in [5.41, 5.74) is 0. The lowest BCUT2D eigenvalue weighted by Crippen LogP contribution is -2.33. The van der Waals surface area contributed by atoms with E-state index in [9.17, 15) is 0 Å². The zero-order valence-electron chi connectivity index (χ0n) is 11.0. The third-order valence-electron chi connectivity index (χ3n) is 4.85. The minimum absolute atomic E-state index is 0.770. The number of hydrogen-bond acceptors (Lipinski definition) is 1. The van der Waals surface area contributed by atoms with Crippen LogP contribution < -0.4 is 5.32 Å². The lowest BCUT2D eigenvalue weighted by Gasteiger charge is -2.24. The maximum atomic E-state index is 3.77. The maximum Gasteiger partial charge on any atom is 0.00669 e. The first-order chi connectivity index (χ1) is 7.86. The minimum Gasteiger partial charge on any atom is -0.314 e. The molecule has 0 amide bonds. The molecule has 1 nitrogen and oxygen atoms in total. The van der Waals surface area contributed by atoms with Crippen LogP contribution in [0.4, 0.5) is 0 Å². The zero-order chi connectivity index (χ0) is 11.2. The van der Waals surface area contributed by atoms with E-state index < -0.39 is 0 Å².